The Balaban J connectivity index is 1.99. The normalized spacial score (nSPS) is 20.3. The largest absolute Gasteiger partial charge is 0.314 e. The molecule has 0 aliphatic heterocycles. The Bertz CT molecular complexity index is 142. The zero-order chi connectivity index (χ0) is 9.90. The predicted octanol–water partition coefficient (Wildman–Crippen LogP) is 3.20. The van der Waals surface area contributed by atoms with Crippen molar-refractivity contribution in [1.29, 1.82) is 0 Å². The van der Waals surface area contributed by atoms with Gasteiger partial charge in [-0.3, -0.25) is 0 Å². The number of rotatable bonds is 5. The van der Waals surface area contributed by atoms with Gasteiger partial charge in [-0.25, -0.2) is 0 Å². The molecule has 13 heavy (non-hydrogen) atoms. The minimum absolute atomic E-state index is 0.508. The van der Waals surface area contributed by atoms with Crippen LogP contribution in [0.5, 0.6) is 0 Å². The topological polar surface area (TPSA) is 12.0 Å². The molecule has 1 saturated carbocycles. The predicted molar refractivity (Wildman–Crippen MR) is 58.9 cm³/mol. The first-order chi connectivity index (χ1) is 5.97. The van der Waals surface area contributed by atoms with E-state index in [4.69, 9.17) is 0 Å². The molecule has 0 spiro atoms. The Kier molecular flexibility index (Phi) is 3.78. The molecule has 0 bridgehead atoms. The van der Waals surface area contributed by atoms with Crippen molar-refractivity contribution in [3.05, 3.63) is 0 Å². The molecule has 1 aliphatic rings. The fourth-order valence-corrected chi connectivity index (χ4v) is 1.44. The quantitative estimate of drug-likeness (QED) is 0.690. The van der Waals surface area contributed by atoms with Gasteiger partial charge >= 0.3 is 0 Å². The summed E-state index contributed by atoms with van der Waals surface area (Å²) < 4.78 is 0. The van der Waals surface area contributed by atoms with Gasteiger partial charge in [-0.2, -0.15) is 0 Å². The smallest absolute Gasteiger partial charge is 0.00683 e. The molecule has 0 aromatic carbocycles. The van der Waals surface area contributed by atoms with E-state index in [1.165, 1.54) is 32.2 Å². The van der Waals surface area contributed by atoms with Gasteiger partial charge < -0.3 is 5.32 Å². The van der Waals surface area contributed by atoms with Crippen LogP contribution in [0.25, 0.3) is 0 Å². The van der Waals surface area contributed by atoms with Crippen LogP contribution in [0.2, 0.25) is 0 Å². The van der Waals surface area contributed by atoms with E-state index < -0.39 is 0 Å². The van der Waals surface area contributed by atoms with Gasteiger partial charge in [-0.15, -0.1) is 0 Å². The summed E-state index contributed by atoms with van der Waals surface area (Å²) in [5.41, 5.74) is 0.508. The minimum Gasteiger partial charge on any atom is -0.314 e. The van der Waals surface area contributed by atoms with E-state index in [0.29, 0.717) is 5.41 Å². The SMILES string of the molecule is CC(CCC(C)(C)C)CNC1CC1. The molecular weight excluding hydrogens is 158 g/mol. The third-order valence-corrected chi connectivity index (χ3v) is 2.72. The van der Waals surface area contributed by atoms with Gasteiger partial charge in [-0.05, 0) is 43.6 Å². The summed E-state index contributed by atoms with van der Waals surface area (Å²) in [6.07, 6.45) is 5.53. The average Bonchev–Trinajstić information content (AvgIpc) is 2.78. The molecule has 1 rings (SSSR count). The number of hydrogen-bond acceptors (Lipinski definition) is 1. The monoisotopic (exact) mass is 183 g/mol. The average molecular weight is 183 g/mol. The van der Waals surface area contributed by atoms with E-state index in [0.717, 1.165) is 12.0 Å². The van der Waals surface area contributed by atoms with Crippen LogP contribution >= 0.6 is 0 Å². The zero-order valence-corrected chi connectivity index (χ0v) is 9.69. The van der Waals surface area contributed by atoms with Gasteiger partial charge in [0.1, 0.15) is 0 Å². The minimum atomic E-state index is 0.508. The second-order valence-corrected chi connectivity index (χ2v) is 5.89. The van der Waals surface area contributed by atoms with Crippen LogP contribution in [0.15, 0.2) is 0 Å². The van der Waals surface area contributed by atoms with Gasteiger partial charge in [0.25, 0.3) is 0 Å². The van der Waals surface area contributed by atoms with Crippen LogP contribution in [0.4, 0.5) is 0 Å². The van der Waals surface area contributed by atoms with E-state index in [1.54, 1.807) is 0 Å². The van der Waals surface area contributed by atoms with Crippen molar-refractivity contribution < 1.29 is 0 Å². The first kappa shape index (κ1) is 11.0. The maximum absolute atomic E-state index is 3.59. The van der Waals surface area contributed by atoms with Gasteiger partial charge in [0.05, 0.1) is 0 Å². The fraction of sp³-hybridized carbons (Fsp3) is 1.00. The molecule has 78 valence electrons. The van der Waals surface area contributed by atoms with Crippen molar-refractivity contribution in [3.8, 4) is 0 Å². The van der Waals surface area contributed by atoms with Crippen LogP contribution < -0.4 is 5.32 Å². The van der Waals surface area contributed by atoms with Gasteiger partial charge in [0, 0.05) is 6.04 Å². The second-order valence-electron chi connectivity index (χ2n) is 5.89. The summed E-state index contributed by atoms with van der Waals surface area (Å²) >= 11 is 0. The lowest BCUT2D eigenvalue weighted by molar-refractivity contribution is 0.324. The summed E-state index contributed by atoms with van der Waals surface area (Å²) in [4.78, 5) is 0. The third-order valence-electron chi connectivity index (χ3n) is 2.72. The molecule has 1 heteroatoms. The highest BCUT2D eigenvalue weighted by molar-refractivity contribution is 4.81. The van der Waals surface area contributed by atoms with Crippen LogP contribution in [0, 0.1) is 11.3 Å². The third kappa shape index (κ3) is 6.09. The van der Waals surface area contributed by atoms with Crippen molar-refractivity contribution in [1.82, 2.24) is 5.32 Å². The van der Waals surface area contributed by atoms with E-state index in [-0.39, 0.29) is 0 Å². The molecule has 1 atom stereocenters. The fourth-order valence-electron chi connectivity index (χ4n) is 1.44. The standard InChI is InChI=1S/C12H25N/c1-10(7-8-12(2,3)4)9-13-11-5-6-11/h10-11,13H,5-9H2,1-4H3. The second kappa shape index (κ2) is 4.45. The van der Waals surface area contributed by atoms with E-state index in [1.807, 2.05) is 0 Å². The number of hydrogen-bond donors (Lipinski definition) is 1. The van der Waals surface area contributed by atoms with E-state index in [9.17, 15) is 0 Å². The molecule has 0 aromatic heterocycles. The molecule has 0 aromatic rings. The summed E-state index contributed by atoms with van der Waals surface area (Å²) in [6, 6.07) is 0.872. The summed E-state index contributed by atoms with van der Waals surface area (Å²) in [6.45, 7) is 10.6. The Morgan fingerprint density at radius 1 is 1.31 bits per heavy atom. The summed E-state index contributed by atoms with van der Waals surface area (Å²) in [7, 11) is 0. The molecule has 0 heterocycles. The van der Waals surface area contributed by atoms with Crippen LogP contribution in [-0.2, 0) is 0 Å². The van der Waals surface area contributed by atoms with Crippen molar-refractivity contribution >= 4 is 0 Å². The Labute approximate surface area is 83.3 Å². The van der Waals surface area contributed by atoms with Crippen molar-refractivity contribution in [2.24, 2.45) is 11.3 Å². The van der Waals surface area contributed by atoms with Crippen LogP contribution in [0.3, 0.4) is 0 Å². The Hall–Kier alpha value is -0.0400. The summed E-state index contributed by atoms with van der Waals surface area (Å²) in [5, 5.41) is 3.59. The summed E-state index contributed by atoms with van der Waals surface area (Å²) in [5.74, 6) is 0.847. The first-order valence-electron chi connectivity index (χ1n) is 5.71. The van der Waals surface area contributed by atoms with Crippen molar-refractivity contribution in [3.63, 3.8) is 0 Å². The molecule has 1 N–H and O–H groups in total. The highest BCUT2D eigenvalue weighted by Gasteiger charge is 2.21. The zero-order valence-electron chi connectivity index (χ0n) is 9.69. The molecular formula is C12H25N. The van der Waals surface area contributed by atoms with Gasteiger partial charge in [0.2, 0.25) is 0 Å². The molecule has 1 nitrogen and oxygen atoms in total. The van der Waals surface area contributed by atoms with Gasteiger partial charge in [-0.1, -0.05) is 27.7 Å². The van der Waals surface area contributed by atoms with Crippen molar-refractivity contribution in [2.75, 3.05) is 6.54 Å². The highest BCUT2D eigenvalue weighted by atomic mass is 14.9. The molecule has 1 fully saturated rings. The maximum atomic E-state index is 3.59. The molecule has 1 aliphatic carbocycles. The molecule has 1 unspecified atom stereocenters. The van der Waals surface area contributed by atoms with E-state index in [2.05, 4.69) is 33.0 Å². The van der Waals surface area contributed by atoms with E-state index >= 15 is 0 Å². The van der Waals surface area contributed by atoms with Crippen LogP contribution in [-0.4, -0.2) is 12.6 Å². The molecule has 0 saturated heterocycles. The van der Waals surface area contributed by atoms with Crippen LogP contribution in [0.1, 0.15) is 53.4 Å². The lowest BCUT2D eigenvalue weighted by atomic mass is 9.87. The molecule has 0 amide bonds. The number of nitrogens with one attached hydrogen (secondary N) is 1. The van der Waals surface area contributed by atoms with Gasteiger partial charge in [0.15, 0.2) is 0 Å². The molecule has 0 radical (unpaired) electrons. The highest BCUT2D eigenvalue weighted by Crippen LogP contribution is 2.24. The lowest BCUT2D eigenvalue weighted by Crippen LogP contribution is -2.23. The van der Waals surface area contributed by atoms with Crippen molar-refractivity contribution in [2.45, 2.75) is 59.4 Å². The maximum Gasteiger partial charge on any atom is 0.00683 e. The lowest BCUT2D eigenvalue weighted by Gasteiger charge is -2.21. The Morgan fingerprint density at radius 3 is 2.38 bits per heavy atom. The Morgan fingerprint density at radius 2 is 1.92 bits per heavy atom. The first-order valence-corrected chi connectivity index (χ1v) is 5.71.